The van der Waals surface area contributed by atoms with Crippen molar-refractivity contribution in [2.45, 2.75) is 39.0 Å². The third-order valence-corrected chi connectivity index (χ3v) is 4.72. The van der Waals surface area contributed by atoms with Crippen molar-refractivity contribution in [2.75, 3.05) is 26.2 Å². The molecule has 0 spiro atoms. The lowest BCUT2D eigenvalue weighted by atomic mass is 10.3. The number of halogens is 4. The Labute approximate surface area is 161 Å². The lowest BCUT2D eigenvalue weighted by Crippen LogP contribution is -2.45. The van der Waals surface area contributed by atoms with E-state index < -0.39 is 12.7 Å². The second-order valence-corrected chi connectivity index (χ2v) is 6.70. The van der Waals surface area contributed by atoms with Gasteiger partial charge in [-0.3, -0.25) is 4.90 Å². The number of hydrogen-bond acceptors (Lipinski definition) is 3. The summed E-state index contributed by atoms with van der Waals surface area (Å²) in [5, 5.41) is 8.44. The molecule has 4 nitrogen and oxygen atoms in total. The van der Waals surface area contributed by atoms with E-state index in [0.29, 0.717) is 38.6 Å². The van der Waals surface area contributed by atoms with E-state index in [0.717, 1.165) is 0 Å². The Morgan fingerprint density at radius 1 is 1.46 bits per heavy atom. The number of aryl methyl sites for hydroxylation is 1. The molecule has 1 aliphatic rings. The van der Waals surface area contributed by atoms with Crippen LogP contribution < -0.4 is 10.6 Å². The van der Waals surface area contributed by atoms with E-state index in [9.17, 15) is 13.2 Å². The van der Waals surface area contributed by atoms with Gasteiger partial charge in [-0.25, -0.2) is 4.99 Å². The van der Waals surface area contributed by atoms with Crippen molar-refractivity contribution in [1.82, 2.24) is 15.5 Å². The van der Waals surface area contributed by atoms with E-state index in [-0.39, 0.29) is 30.0 Å². The van der Waals surface area contributed by atoms with Crippen LogP contribution in [0.2, 0.25) is 0 Å². The molecular weight excluding hydrogens is 452 g/mol. The smallest absolute Gasteiger partial charge is 0.357 e. The van der Waals surface area contributed by atoms with E-state index in [4.69, 9.17) is 0 Å². The Balaban J connectivity index is 0.00000288. The number of nitrogens with one attached hydrogen (secondary N) is 2. The van der Waals surface area contributed by atoms with Gasteiger partial charge in [0.25, 0.3) is 0 Å². The minimum absolute atomic E-state index is 0. The maximum absolute atomic E-state index is 12.4. The summed E-state index contributed by atoms with van der Waals surface area (Å²) in [4.78, 5) is 7.18. The highest BCUT2D eigenvalue weighted by Crippen LogP contribution is 2.20. The van der Waals surface area contributed by atoms with Gasteiger partial charge >= 0.3 is 6.18 Å². The second-order valence-electron chi connectivity index (χ2n) is 5.70. The molecule has 0 amide bonds. The first-order chi connectivity index (χ1) is 10.9. The highest BCUT2D eigenvalue weighted by molar-refractivity contribution is 14.0. The zero-order valence-electron chi connectivity index (χ0n) is 13.8. The molecule has 138 valence electrons. The Hall–Kier alpha value is -0.550. The fraction of sp³-hybridized carbons (Fsp3) is 0.667. The Morgan fingerprint density at radius 3 is 2.79 bits per heavy atom. The van der Waals surface area contributed by atoms with Crippen LogP contribution in [0.25, 0.3) is 0 Å². The average molecular weight is 476 g/mol. The summed E-state index contributed by atoms with van der Waals surface area (Å²) in [6.45, 7) is 5.33. The van der Waals surface area contributed by atoms with Crippen LogP contribution in [0.15, 0.2) is 16.4 Å². The molecule has 0 bridgehead atoms. The van der Waals surface area contributed by atoms with Gasteiger partial charge in [0, 0.05) is 30.6 Å². The summed E-state index contributed by atoms with van der Waals surface area (Å²) < 4.78 is 37.3. The number of aliphatic imine (C=N–C) groups is 1. The zero-order valence-corrected chi connectivity index (χ0v) is 17.0. The van der Waals surface area contributed by atoms with Gasteiger partial charge in [-0.15, -0.1) is 35.3 Å². The van der Waals surface area contributed by atoms with Crippen LogP contribution in [0.1, 0.15) is 23.8 Å². The van der Waals surface area contributed by atoms with Gasteiger partial charge in [-0.2, -0.15) is 13.2 Å². The summed E-state index contributed by atoms with van der Waals surface area (Å²) in [6, 6.07) is 2.06. The molecule has 1 aromatic heterocycles. The maximum Gasteiger partial charge on any atom is 0.401 e. The summed E-state index contributed by atoms with van der Waals surface area (Å²) in [6.07, 6.45) is -3.44. The lowest BCUT2D eigenvalue weighted by molar-refractivity contribution is -0.143. The van der Waals surface area contributed by atoms with Crippen molar-refractivity contribution in [3.63, 3.8) is 0 Å². The van der Waals surface area contributed by atoms with E-state index in [1.807, 2.05) is 19.2 Å². The standard InChI is InChI=1S/C15H23F3N4S.HI/c1-3-19-14(20-8-13-11(2)5-7-23-13)21-12-4-6-22(9-12)10-15(16,17)18;/h5,7,12H,3-4,6,8-10H2,1-2H3,(H2,19,20,21);1H. The maximum atomic E-state index is 12.4. The lowest BCUT2D eigenvalue weighted by Gasteiger charge is -2.19. The Bertz CT molecular complexity index is 533. The molecule has 1 aromatic rings. The summed E-state index contributed by atoms with van der Waals surface area (Å²) in [7, 11) is 0. The van der Waals surface area contributed by atoms with Gasteiger partial charge in [0.15, 0.2) is 5.96 Å². The minimum atomic E-state index is -4.13. The average Bonchev–Trinajstić information content (AvgIpc) is 3.04. The number of guanidine groups is 1. The van der Waals surface area contributed by atoms with Crippen molar-refractivity contribution in [3.8, 4) is 0 Å². The number of likely N-dealkylation sites (tertiary alicyclic amines) is 1. The molecule has 2 rings (SSSR count). The number of rotatable bonds is 5. The quantitative estimate of drug-likeness (QED) is 0.389. The molecular formula is C15H24F3IN4S. The summed E-state index contributed by atoms with van der Waals surface area (Å²) in [5.41, 5.74) is 1.21. The Kier molecular flexibility index (Phi) is 8.78. The van der Waals surface area contributed by atoms with Gasteiger partial charge in [-0.05, 0) is 37.3 Å². The molecule has 9 heteroatoms. The zero-order chi connectivity index (χ0) is 16.9. The van der Waals surface area contributed by atoms with Crippen LogP contribution in [-0.4, -0.2) is 49.3 Å². The van der Waals surface area contributed by atoms with Crippen molar-refractivity contribution in [1.29, 1.82) is 0 Å². The van der Waals surface area contributed by atoms with Gasteiger partial charge in [0.05, 0.1) is 13.1 Å². The predicted octanol–water partition coefficient (Wildman–Crippen LogP) is 3.37. The van der Waals surface area contributed by atoms with E-state index >= 15 is 0 Å². The van der Waals surface area contributed by atoms with E-state index in [2.05, 4.69) is 21.7 Å². The molecule has 1 atom stereocenters. The largest absolute Gasteiger partial charge is 0.401 e. The number of alkyl halides is 3. The molecule has 2 heterocycles. The van der Waals surface area contributed by atoms with Crippen LogP contribution in [0.5, 0.6) is 0 Å². The molecule has 1 aliphatic heterocycles. The van der Waals surface area contributed by atoms with Crippen molar-refractivity contribution in [2.24, 2.45) is 4.99 Å². The molecule has 1 unspecified atom stereocenters. The van der Waals surface area contributed by atoms with Crippen LogP contribution in [-0.2, 0) is 6.54 Å². The van der Waals surface area contributed by atoms with E-state index in [1.165, 1.54) is 15.3 Å². The van der Waals surface area contributed by atoms with Crippen LogP contribution in [0.4, 0.5) is 13.2 Å². The molecule has 0 aliphatic carbocycles. The van der Waals surface area contributed by atoms with Crippen molar-refractivity contribution < 1.29 is 13.2 Å². The molecule has 24 heavy (non-hydrogen) atoms. The number of hydrogen-bond donors (Lipinski definition) is 2. The third kappa shape index (κ3) is 7.14. The fourth-order valence-corrected chi connectivity index (χ4v) is 3.41. The second kappa shape index (κ2) is 9.81. The van der Waals surface area contributed by atoms with Gasteiger partial charge in [0.2, 0.25) is 0 Å². The summed E-state index contributed by atoms with van der Waals surface area (Å²) in [5.74, 6) is 0.666. The number of nitrogens with zero attached hydrogens (tertiary/aromatic N) is 2. The first kappa shape index (κ1) is 21.5. The first-order valence-corrected chi connectivity index (χ1v) is 8.62. The molecule has 2 N–H and O–H groups in total. The highest BCUT2D eigenvalue weighted by Gasteiger charge is 2.34. The van der Waals surface area contributed by atoms with Crippen LogP contribution in [0.3, 0.4) is 0 Å². The highest BCUT2D eigenvalue weighted by atomic mass is 127. The third-order valence-electron chi connectivity index (χ3n) is 3.71. The Morgan fingerprint density at radius 2 is 2.21 bits per heavy atom. The van der Waals surface area contributed by atoms with Crippen molar-refractivity contribution in [3.05, 3.63) is 21.9 Å². The first-order valence-electron chi connectivity index (χ1n) is 7.74. The van der Waals surface area contributed by atoms with E-state index in [1.54, 1.807) is 11.3 Å². The van der Waals surface area contributed by atoms with Crippen LogP contribution in [0, 0.1) is 6.92 Å². The monoisotopic (exact) mass is 476 g/mol. The van der Waals surface area contributed by atoms with Crippen LogP contribution >= 0.6 is 35.3 Å². The van der Waals surface area contributed by atoms with Gasteiger partial charge in [-0.1, -0.05) is 0 Å². The SMILES string of the molecule is CCNC(=NCc1sccc1C)NC1CCN(CC(F)(F)F)C1.I. The summed E-state index contributed by atoms with van der Waals surface area (Å²) >= 11 is 1.66. The molecule has 0 saturated carbocycles. The van der Waals surface area contributed by atoms with Crippen molar-refractivity contribution >= 4 is 41.3 Å². The molecule has 1 fully saturated rings. The topological polar surface area (TPSA) is 39.7 Å². The molecule has 0 radical (unpaired) electrons. The molecule has 0 aromatic carbocycles. The molecule has 1 saturated heterocycles. The fourth-order valence-electron chi connectivity index (χ4n) is 2.58. The van der Waals surface area contributed by atoms with Gasteiger partial charge < -0.3 is 10.6 Å². The predicted molar refractivity (Wildman–Crippen MR) is 103 cm³/mol. The minimum Gasteiger partial charge on any atom is -0.357 e. The number of thiophene rings is 1. The normalized spacial score (nSPS) is 19.2. The van der Waals surface area contributed by atoms with Gasteiger partial charge in [0.1, 0.15) is 0 Å².